The number of carbonyl (C=O) groups excluding carboxylic acids is 2. The lowest BCUT2D eigenvalue weighted by Crippen LogP contribution is -2.46. The molecular weight excluding hydrogens is 446 g/mol. The van der Waals surface area contributed by atoms with Gasteiger partial charge in [0.05, 0.1) is 23.4 Å². The SMILES string of the molecule is O=C1c2cccc(N3CCN(C/C=C/c4ccccc4)CC3)c2C(=O)N1Cc1cccc(Cl)c1. The number of amides is 2. The van der Waals surface area contributed by atoms with Gasteiger partial charge < -0.3 is 4.90 Å². The van der Waals surface area contributed by atoms with Gasteiger partial charge in [-0.25, -0.2) is 0 Å². The molecule has 0 N–H and O–H groups in total. The van der Waals surface area contributed by atoms with Crippen LogP contribution in [0.5, 0.6) is 0 Å². The molecule has 0 atom stereocenters. The monoisotopic (exact) mass is 471 g/mol. The summed E-state index contributed by atoms with van der Waals surface area (Å²) in [6, 6.07) is 23.1. The van der Waals surface area contributed by atoms with Crippen LogP contribution >= 0.6 is 11.6 Å². The van der Waals surface area contributed by atoms with E-state index in [0.29, 0.717) is 16.1 Å². The van der Waals surface area contributed by atoms with Crippen molar-refractivity contribution in [3.05, 3.63) is 106 Å². The Balaban J connectivity index is 1.26. The van der Waals surface area contributed by atoms with Crippen LogP contribution < -0.4 is 4.90 Å². The standard InChI is InChI=1S/C28H26ClN3O2/c29-23-11-4-9-22(19-23)20-32-27(33)24-12-5-13-25(26(24)28(32)34)31-17-15-30(16-18-31)14-6-10-21-7-2-1-3-8-21/h1-13,19H,14-18,20H2/b10-6+. The second kappa shape index (κ2) is 9.84. The van der Waals surface area contributed by atoms with Crippen molar-refractivity contribution in [2.24, 2.45) is 0 Å². The summed E-state index contributed by atoms with van der Waals surface area (Å²) in [5.41, 5.74) is 3.89. The maximum atomic E-state index is 13.3. The number of halogens is 1. The van der Waals surface area contributed by atoms with E-state index in [4.69, 9.17) is 11.6 Å². The van der Waals surface area contributed by atoms with Gasteiger partial charge in [0.25, 0.3) is 11.8 Å². The molecule has 0 radical (unpaired) electrons. The summed E-state index contributed by atoms with van der Waals surface area (Å²) in [5.74, 6) is -0.477. The quantitative estimate of drug-likeness (QED) is 0.476. The van der Waals surface area contributed by atoms with Crippen molar-refractivity contribution in [1.29, 1.82) is 0 Å². The molecule has 2 amide bonds. The van der Waals surface area contributed by atoms with E-state index in [1.54, 1.807) is 18.2 Å². The maximum Gasteiger partial charge on any atom is 0.263 e. The first kappa shape index (κ1) is 22.4. The first-order valence-electron chi connectivity index (χ1n) is 11.5. The summed E-state index contributed by atoms with van der Waals surface area (Å²) in [6.45, 7) is 4.53. The molecule has 5 rings (SSSR count). The van der Waals surface area contributed by atoms with Crippen LogP contribution in [0.3, 0.4) is 0 Å². The number of nitrogens with zero attached hydrogens (tertiary/aromatic N) is 3. The topological polar surface area (TPSA) is 43.9 Å². The maximum absolute atomic E-state index is 13.3. The van der Waals surface area contributed by atoms with E-state index in [2.05, 4.69) is 34.1 Å². The van der Waals surface area contributed by atoms with Crippen molar-refractivity contribution in [2.45, 2.75) is 6.54 Å². The van der Waals surface area contributed by atoms with E-state index in [0.717, 1.165) is 44.0 Å². The Kier molecular flexibility index (Phi) is 6.48. The van der Waals surface area contributed by atoms with Gasteiger partial charge in [0, 0.05) is 37.7 Å². The minimum Gasteiger partial charge on any atom is -0.368 e. The Morgan fingerprint density at radius 3 is 2.35 bits per heavy atom. The highest BCUT2D eigenvalue weighted by molar-refractivity contribution is 6.30. The van der Waals surface area contributed by atoms with Crippen molar-refractivity contribution >= 4 is 35.2 Å². The van der Waals surface area contributed by atoms with Crippen molar-refractivity contribution in [2.75, 3.05) is 37.6 Å². The van der Waals surface area contributed by atoms with Crippen LogP contribution in [0, 0.1) is 0 Å². The van der Waals surface area contributed by atoms with Gasteiger partial charge in [-0.3, -0.25) is 19.4 Å². The summed E-state index contributed by atoms with van der Waals surface area (Å²) >= 11 is 6.09. The highest BCUT2D eigenvalue weighted by atomic mass is 35.5. The molecular formula is C28H26ClN3O2. The van der Waals surface area contributed by atoms with Gasteiger partial charge in [-0.2, -0.15) is 0 Å². The van der Waals surface area contributed by atoms with E-state index < -0.39 is 0 Å². The normalized spacial score (nSPS) is 16.5. The third-order valence-electron chi connectivity index (χ3n) is 6.39. The Morgan fingerprint density at radius 2 is 1.59 bits per heavy atom. The number of anilines is 1. The van der Waals surface area contributed by atoms with Crippen LogP contribution in [0.15, 0.2) is 78.9 Å². The Bertz CT molecular complexity index is 1230. The van der Waals surface area contributed by atoms with Crippen molar-refractivity contribution in [3.63, 3.8) is 0 Å². The predicted molar refractivity (Wildman–Crippen MR) is 136 cm³/mol. The average molecular weight is 472 g/mol. The van der Waals surface area contributed by atoms with Gasteiger partial charge in [-0.1, -0.05) is 72.3 Å². The number of hydrogen-bond donors (Lipinski definition) is 0. The number of hydrogen-bond acceptors (Lipinski definition) is 4. The van der Waals surface area contributed by atoms with E-state index in [1.165, 1.54) is 10.5 Å². The second-order valence-corrected chi connectivity index (χ2v) is 9.06. The first-order valence-corrected chi connectivity index (χ1v) is 11.9. The molecule has 5 nitrogen and oxygen atoms in total. The Hall–Kier alpha value is -3.41. The van der Waals surface area contributed by atoms with Crippen LogP contribution in [-0.4, -0.2) is 54.3 Å². The van der Waals surface area contributed by atoms with Crippen molar-refractivity contribution < 1.29 is 9.59 Å². The minimum atomic E-state index is -0.244. The van der Waals surface area contributed by atoms with Gasteiger partial charge in [0.15, 0.2) is 0 Å². The molecule has 1 fully saturated rings. The number of fused-ring (bicyclic) bond motifs is 1. The van der Waals surface area contributed by atoms with E-state index >= 15 is 0 Å². The zero-order valence-electron chi connectivity index (χ0n) is 18.9. The third-order valence-corrected chi connectivity index (χ3v) is 6.63. The largest absolute Gasteiger partial charge is 0.368 e. The van der Waals surface area contributed by atoms with Gasteiger partial charge in [0.1, 0.15) is 0 Å². The fourth-order valence-electron chi connectivity index (χ4n) is 4.61. The lowest BCUT2D eigenvalue weighted by molar-refractivity contribution is 0.0642. The van der Waals surface area contributed by atoms with E-state index in [1.807, 2.05) is 42.5 Å². The number of rotatable bonds is 6. The van der Waals surface area contributed by atoms with E-state index in [9.17, 15) is 9.59 Å². The zero-order chi connectivity index (χ0) is 23.5. The Morgan fingerprint density at radius 1 is 0.824 bits per heavy atom. The average Bonchev–Trinajstić information content (AvgIpc) is 3.10. The molecule has 1 saturated heterocycles. The summed E-state index contributed by atoms with van der Waals surface area (Å²) in [4.78, 5) is 32.3. The van der Waals surface area contributed by atoms with Crippen molar-refractivity contribution in [3.8, 4) is 0 Å². The molecule has 2 aliphatic heterocycles. The zero-order valence-corrected chi connectivity index (χ0v) is 19.6. The van der Waals surface area contributed by atoms with Crippen LogP contribution in [0.1, 0.15) is 31.8 Å². The molecule has 3 aromatic carbocycles. The molecule has 0 aliphatic carbocycles. The summed E-state index contributed by atoms with van der Waals surface area (Å²) in [5, 5.41) is 0.589. The summed E-state index contributed by atoms with van der Waals surface area (Å²) < 4.78 is 0. The van der Waals surface area contributed by atoms with Crippen LogP contribution in [-0.2, 0) is 6.54 Å². The van der Waals surface area contributed by atoms with Gasteiger partial charge in [0.2, 0.25) is 0 Å². The molecule has 2 aliphatic rings. The predicted octanol–water partition coefficient (Wildman–Crippen LogP) is 4.97. The Labute approximate surface area is 204 Å². The molecule has 2 heterocycles. The summed E-state index contributed by atoms with van der Waals surface area (Å²) in [7, 11) is 0. The number of carbonyl (C=O) groups is 2. The molecule has 0 saturated carbocycles. The van der Waals surface area contributed by atoms with Crippen LogP contribution in [0.2, 0.25) is 5.02 Å². The minimum absolute atomic E-state index is 0.216. The number of imide groups is 1. The lowest BCUT2D eigenvalue weighted by atomic mass is 10.1. The first-order chi connectivity index (χ1) is 16.6. The smallest absolute Gasteiger partial charge is 0.263 e. The molecule has 0 spiro atoms. The third kappa shape index (κ3) is 4.63. The molecule has 6 heteroatoms. The highest BCUT2D eigenvalue weighted by Crippen LogP contribution is 2.33. The van der Waals surface area contributed by atoms with E-state index in [-0.39, 0.29) is 18.4 Å². The van der Waals surface area contributed by atoms with Gasteiger partial charge in [-0.15, -0.1) is 0 Å². The molecule has 0 aromatic heterocycles. The lowest BCUT2D eigenvalue weighted by Gasteiger charge is -2.36. The number of piperazine rings is 1. The molecule has 34 heavy (non-hydrogen) atoms. The number of benzene rings is 3. The molecule has 0 unspecified atom stereocenters. The fraction of sp³-hybridized carbons (Fsp3) is 0.214. The van der Waals surface area contributed by atoms with Crippen LogP contribution in [0.25, 0.3) is 6.08 Å². The van der Waals surface area contributed by atoms with Crippen molar-refractivity contribution in [1.82, 2.24) is 9.80 Å². The summed E-state index contributed by atoms with van der Waals surface area (Å²) in [6.07, 6.45) is 4.34. The van der Waals surface area contributed by atoms with Gasteiger partial charge in [-0.05, 0) is 35.4 Å². The fourth-order valence-corrected chi connectivity index (χ4v) is 4.83. The van der Waals surface area contributed by atoms with Gasteiger partial charge >= 0.3 is 0 Å². The second-order valence-electron chi connectivity index (χ2n) is 8.63. The molecule has 172 valence electrons. The highest BCUT2D eigenvalue weighted by Gasteiger charge is 2.38. The molecule has 0 bridgehead atoms. The molecule has 3 aromatic rings. The van der Waals surface area contributed by atoms with Crippen LogP contribution in [0.4, 0.5) is 5.69 Å².